The molecule has 0 aliphatic carbocycles. The van der Waals surface area contributed by atoms with Gasteiger partial charge in [0, 0.05) is 37.0 Å². The minimum atomic E-state index is -0.590. The highest BCUT2D eigenvalue weighted by Crippen LogP contribution is 2.35. The Bertz CT molecular complexity index is 1520. The molecule has 4 N–H and O–H groups in total. The van der Waals surface area contributed by atoms with E-state index in [4.69, 9.17) is 10.7 Å². The molecule has 0 unspecified atom stereocenters. The number of pyridine rings is 1. The van der Waals surface area contributed by atoms with Crippen LogP contribution in [0.4, 0.5) is 16.0 Å². The Kier molecular flexibility index (Phi) is 6.62. The van der Waals surface area contributed by atoms with Crippen LogP contribution in [0.1, 0.15) is 28.0 Å². The van der Waals surface area contributed by atoms with E-state index in [0.717, 1.165) is 5.56 Å². The summed E-state index contributed by atoms with van der Waals surface area (Å²) in [6, 6.07) is 15.6. The van der Waals surface area contributed by atoms with E-state index >= 15 is 0 Å². The highest BCUT2D eigenvalue weighted by atomic mass is 19.1. The van der Waals surface area contributed by atoms with E-state index in [-0.39, 0.29) is 23.8 Å². The number of anilines is 2. The number of nitrogens with zero attached hydrogens (tertiary/aromatic N) is 5. The zero-order chi connectivity index (χ0) is 25.9. The monoisotopic (exact) mass is 497 g/mol. The molecule has 1 aliphatic heterocycles. The molecule has 1 atom stereocenters. The van der Waals surface area contributed by atoms with Crippen molar-refractivity contribution in [1.82, 2.24) is 19.9 Å². The molecule has 3 heterocycles. The average molecular weight is 498 g/mol. The molecule has 0 bridgehead atoms. The highest BCUT2D eigenvalue weighted by Gasteiger charge is 2.30. The smallest absolute Gasteiger partial charge is 0.255 e. The Morgan fingerprint density at radius 2 is 2.05 bits per heavy atom. The first-order valence-electron chi connectivity index (χ1n) is 11.9. The van der Waals surface area contributed by atoms with Gasteiger partial charge in [-0.05, 0) is 30.2 Å². The van der Waals surface area contributed by atoms with Crippen molar-refractivity contribution in [3.8, 4) is 17.2 Å². The Balaban J connectivity index is 1.62. The van der Waals surface area contributed by atoms with E-state index in [0.29, 0.717) is 59.5 Å². The number of carbonyl (C=O) groups is 1. The fraction of sp³-hybridized carbons (Fsp3) is 0.222. The SMILES string of the molecule is N#Cc1c(N)ncnc1NCCc1nc2ccc(F)cc2c(C(=O)N2CC[C@H](O)C2)c1-c1ccccc1. The van der Waals surface area contributed by atoms with Crippen LogP contribution >= 0.6 is 0 Å². The van der Waals surface area contributed by atoms with Crippen molar-refractivity contribution in [3.05, 3.63) is 77.5 Å². The van der Waals surface area contributed by atoms with Gasteiger partial charge < -0.3 is 21.1 Å². The van der Waals surface area contributed by atoms with Gasteiger partial charge in [-0.1, -0.05) is 30.3 Å². The molecular weight excluding hydrogens is 473 g/mol. The summed E-state index contributed by atoms with van der Waals surface area (Å²) < 4.78 is 14.4. The molecule has 4 aromatic rings. The fourth-order valence-corrected chi connectivity index (χ4v) is 4.63. The minimum absolute atomic E-state index is 0.0801. The van der Waals surface area contributed by atoms with Gasteiger partial charge in [0.25, 0.3) is 5.91 Å². The number of nitrogen functional groups attached to an aromatic ring is 1. The number of nitrogens with two attached hydrogens (primary N) is 1. The number of β-amino-alcohol motifs (C(OH)–C–C–N with tert-alkyl or cyclic N) is 1. The van der Waals surface area contributed by atoms with E-state index in [1.165, 1.54) is 18.5 Å². The number of nitrogens with one attached hydrogen (secondary N) is 1. The molecule has 2 aromatic carbocycles. The lowest BCUT2D eigenvalue weighted by atomic mass is 9.92. The second-order valence-electron chi connectivity index (χ2n) is 8.80. The molecule has 1 fully saturated rings. The van der Waals surface area contributed by atoms with E-state index in [1.54, 1.807) is 11.0 Å². The molecule has 37 heavy (non-hydrogen) atoms. The predicted molar refractivity (Wildman–Crippen MR) is 137 cm³/mol. The molecule has 5 rings (SSSR count). The van der Waals surface area contributed by atoms with Gasteiger partial charge >= 0.3 is 0 Å². The van der Waals surface area contributed by atoms with Gasteiger partial charge in [0.15, 0.2) is 0 Å². The summed E-state index contributed by atoms with van der Waals surface area (Å²) in [5.74, 6) is -0.362. The van der Waals surface area contributed by atoms with Gasteiger partial charge in [-0.3, -0.25) is 9.78 Å². The van der Waals surface area contributed by atoms with Crippen molar-refractivity contribution >= 4 is 28.4 Å². The molecular formula is C27H24FN7O2. The number of nitriles is 1. The standard InChI is InChI=1S/C27H24FN7O2/c28-17-6-7-21-19(12-17)24(27(37)35-11-9-18(36)14-35)23(16-4-2-1-3-5-16)22(34-21)8-10-31-26-20(13-29)25(30)32-15-33-26/h1-7,12,15,18,36H,8-11,14H2,(H3,30,31,32,33)/t18-/m0/s1. The van der Waals surface area contributed by atoms with E-state index < -0.39 is 11.9 Å². The lowest BCUT2D eigenvalue weighted by Crippen LogP contribution is -2.30. The summed E-state index contributed by atoms with van der Waals surface area (Å²) in [6.07, 6.45) is 1.55. The molecule has 0 spiro atoms. The number of benzene rings is 2. The van der Waals surface area contributed by atoms with Crippen LogP contribution in [0.15, 0.2) is 54.9 Å². The third-order valence-corrected chi connectivity index (χ3v) is 6.39. The molecule has 2 aromatic heterocycles. The maximum atomic E-state index is 14.4. The van der Waals surface area contributed by atoms with Crippen molar-refractivity contribution in [2.24, 2.45) is 0 Å². The van der Waals surface area contributed by atoms with Gasteiger partial charge in [-0.15, -0.1) is 0 Å². The average Bonchev–Trinajstić information content (AvgIpc) is 3.34. The number of halogens is 1. The molecule has 0 saturated carbocycles. The number of hydrogen-bond acceptors (Lipinski definition) is 8. The number of aliphatic hydroxyl groups excluding tert-OH is 1. The number of likely N-dealkylation sites (tertiary alicyclic amines) is 1. The molecule has 1 saturated heterocycles. The topological polar surface area (TPSA) is 141 Å². The van der Waals surface area contributed by atoms with Crippen LogP contribution in [0.2, 0.25) is 0 Å². The summed E-state index contributed by atoms with van der Waals surface area (Å²) in [7, 11) is 0. The Morgan fingerprint density at radius 3 is 2.78 bits per heavy atom. The van der Waals surface area contributed by atoms with Crippen LogP contribution in [-0.2, 0) is 6.42 Å². The van der Waals surface area contributed by atoms with E-state index in [1.807, 2.05) is 36.4 Å². The molecule has 1 amide bonds. The number of aliphatic hydroxyl groups is 1. The number of fused-ring (bicyclic) bond motifs is 1. The predicted octanol–water partition coefficient (Wildman–Crippen LogP) is 3.15. The van der Waals surface area contributed by atoms with Crippen LogP contribution in [0.5, 0.6) is 0 Å². The largest absolute Gasteiger partial charge is 0.391 e. The van der Waals surface area contributed by atoms with Crippen LogP contribution in [0, 0.1) is 17.1 Å². The van der Waals surface area contributed by atoms with Crippen LogP contribution < -0.4 is 11.1 Å². The van der Waals surface area contributed by atoms with Crippen molar-refractivity contribution in [1.29, 1.82) is 5.26 Å². The number of hydrogen-bond donors (Lipinski definition) is 3. The zero-order valence-electron chi connectivity index (χ0n) is 19.9. The lowest BCUT2D eigenvalue weighted by Gasteiger charge is -2.22. The third-order valence-electron chi connectivity index (χ3n) is 6.39. The molecule has 186 valence electrons. The first-order valence-corrected chi connectivity index (χ1v) is 11.9. The van der Waals surface area contributed by atoms with Crippen LogP contribution in [0.3, 0.4) is 0 Å². The summed E-state index contributed by atoms with van der Waals surface area (Å²) in [4.78, 5) is 28.2. The number of carbonyl (C=O) groups excluding carboxylic acids is 1. The Hall–Kier alpha value is -4.62. The Morgan fingerprint density at radius 1 is 1.24 bits per heavy atom. The van der Waals surface area contributed by atoms with Crippen molar-refractivity contribution in [3.63, 3.8) is 0 Å². The van der Waals surface area contributed by atoms with Gasteiger partial charge in [0.2, 0.25) is 0 Å². The lowest BCUT2D eigenvalue weighted by molar-refractivity contribution is 0.0767. The second-order valence-corrected chi connectivity index (χ2v) is 8.80. The highest BCUT2D eigenvalue weighted by molar-refractivity contribution is 6.12. The number of aromatic nitrogens is 3. The maximum absolute atomic E-state index is 14.4. The van der Waals surface area contributed by atoms with Gasteiger partial charge in [0.1, 0.15) is 35.4 Å². The van der Waals surface area contributed by atoms with Crippen LogP contribution in [0.25, 0.3) is 22.0 Å². The summed E-state index contributed by atoms with van der Waals surface area (Å²) >= 11 is 0. The van der Waals surface area contributed by atoms with E-state index in [9.17, 15) is 19.6 Å². The molecule has 1 aliphatic rings. The number of amides is 1. The number of rotatable bonds is 6. The summed E-state index contributed by atoms with van der Waals surface area (Å²) in [5, 5.41) is 23.0. The molecule has 0 radical (unpaired) electrons. The summed E-state index contributed by atoms with van der Waals surface area (Å²) in [6.45, 7) is 0.964. The second kappa shape index (κ2) is 10.2. The van der Waals surface area contributed by atoms with Gasteiger partial charge in [-0.25, -0.2) is 14.4 Å². The summed E-state index contributed by atoms with van der Waals surface area (Å²) in [5.41, 5.74) is 8.78. The Labute approximate surface area is 212 Å². The molecule has 10 heteroatoms. The van der Waals surface area contributed by atoms with Crippen LogP contribution in [-0.4, -0.2) is 56.6 Å². The first kappa shape index (κ1) is 24.1. The van der Waals surface area contributed by atoms with E-state index in [2.05, 4.69) is 15.3 Å². The van der Waals surface area contributed by atoms with Gasteiger partial charge in [-0.2, -0.15) is 5.26 Å². The zero-order valence-corrected chi connectivity index (χ0v) is 19.9. The fourth-order valence-electron chi connectivity index (χ4n) is 4.63. The van der Waals surface area contributed by atoms with Crippen molar-refractivity contribution in [2.45, 2.75) is 18.9 Å². The normalized spacial score (nSPS) is 15.1. The quantitative estimate of drug-likeness (QED) is 0.369. The van der Waals surface area contributed by atoms with Crippen molar-refractivity contribution < 1.29 is 14.3 Å². The van der Waals surface area contributed by atoms with Gasteiger partial charge in [0.05, 0.1) is 22.9 Å². The minimum Gasteiger partial charge on any atom is -0.391 e. The first-order chi connectivity index (χ1) is 18.0. The third kappa shape index (κ3) is 4.77. The molecule has 9 nitrogen and oxygen atoms in total. The van der Waals surface area contributed by atoms with Crippen molar-refractivity contribution in [2.75, 3.05) is 30.7 Å². The maximum Gasteiger partial charge on any atom is 0.255 e.